The van der Waals surface area contributed by atoms with E-state index in [4.69, 9.17) is 5.73 Å². The Hall–Kier alpha value is -3.76. The van der Waals surface area contributed by atoms with Crippen molar-refractivity contribution in [3.8, 4) is 0 Å². The number of anilines is 1. The molecule has 5 rings (SSSR count). The van der Waals surface area contributed by atoms with Crippen molar-refractivity contribution in [2.45, 2.75) is 63.2 Å². The summed E-state index contributed by atoms with van der Waals surface area (Å²) in [6.45, 7) is -0.0522. The zero-order chi connectivity index (χ0) is 22.9. The van der Waals surface area contributed by atoms with Gasteiger partial charge in [-0.25, -0.2) is 0 Å². The summed E-state index contributed by atoms with van der Waals surface area (Å²) >= 11 is 0. The van der Waals surface area contributed by atoms with Crippen LogP contribution in [0.15, 0.2) is 35.1 Å². The highest BCUT2D eigenvalue weighted by molar-refractivity contribution is 5.83. The molecule has 2 fully saturated rings. The van der Waals surface area contributed by atoms with Crippen molar-refractivity contribution in [2.24, 2.45) is 0 Å². The molecule has 0 radical (unpaired) electrons. The van der Waals surface area contributed by atoms with E-state index in [2.05, 4.69) is 25.7 Å². The highest BCUT2D eigenvalue weighted by Crippen LogP contribution is 2.34. The molecule has 0 aliphatic carbocycles. The van der Waals surface area contributed by atoms with Gasteiger partial charge < -0.3 is 20.9 Å². The van der Waals surface area contributed by atoms with E-state index < -0.39 is 0 Å². The number of carbonyl (C=O) groups excluding carboxylic acids is 2. The number of pyridine rings is 1. The molecule has 2 unspecified atom stereocenters. The normalized spacial score (nSPS) is 22.3. The molecule has 0 spiro atoms. The van der Waals surface area contributed by atoms with Crippen LogP contribution in [0.3, 0.4) is 0 Å². The fourth-order valence-electron chi connectivity index (χ4n) is 5.21. The molecule has 3 aromatic rings. The number of hydrogen-bond donors (Lipinski definition) is 3. The first-order valence-corrected chi connectivity index (χ1v) is 11.2. The molecule has 2 aliphatic heterocycles. The van der Waals surface area contributed by atoms with E-state index in [0.29, 0.717) is 18.4 Å². The first-order chi connectivity index (χ1) is 16.0. The van der Waals surface area contributed by atoms with Crippen molar-refractivity contribution in [3.05, 3.63) is 46.2 Å². The molecule has 2 aromatic heterocycles. The molecule has 4 N–H and O–H groups in total. The van der Waals surface area contributed by atoms with Crippen LogP contribution in [0.1, 0.15) is 37.7 Å². The van der Waals surface area contributed by atoms with Crippen LogP contribution in [0.4, 0.5) is 5.95 Å². The molecule has 2 aliphatic rings. The third-order valence-corrected chi connectivity index (χ3v) is 6.55. The maximum atomic E-state index is 13.3. The lowest BCUT2D eigenvalue weighted by molar-refractivity contribution is -0.141. The zero-order valence-electron chi connectivity index (χ0n) is 18.1. The van der Waals surface area contributed by atoms with Crippen LogP contribution < -0.4 is 16.6 Å². The second-order valence-corrected chi connectivity index (χ2v) is 8.84. The maximum absolute atomic E-state index is 13.3. The van der Waals surface area contributed by atoms with Gasteiger partial charge >= 0.3 is 0 Å². The summed E-state index contributed by atoms with van der Waals surface area (Å²) in [5.41, 5.74) is 6.45. The van der Waals surface area contributed by atoms with Crippen molar-refractivity contribution < 1.29 is 9.59 Å². The predicted octanol–water partition coefficient (Wildman–Crippen LogP) is 0.368. The highest BCUT2D eigenvalue weighted by atomic mass is 16.2. The van der Waals surface area contributed by atoms with Gasteiger partial charge in [0.05, 0.1) is 6.42 Å². The van der Waals surface area contributed by atoms with Gasteiger partial charge in [0.1, 0.15) is 6.54 Å². The number of aromatic nitrogens is 5. The number of carbonyl (C=O) groups is 2. The maximum Gasteiger partial charge on any atom is 0.260 e. The molecule has 2 saturated heterocycles. The number of H-pyrrole nitrogens is 1. The molecule has 33 heavy (non-hydrogen) atoms. The van der Waals surface area contributed by atoms with Crippen LogP contribution in [0, 0.1) is 0 Å². The first kappa shape index (κ1) is 21.1. The third-order valence-electron chi connectivity index (χ3n) is 6.55. The molecule has 11 nitrogen and oxygen atoms in total. The summed E-state index contributed by atoms with van der Waals surface area (Å²) < 4.78 is 0. The second-order valence-electron chi connectivity index (χ2n) is 8.84. The Labute approximate surface area is 189 Å². The summed E-state index contributed by atoms with van der Waals surface area (Å²) in [6, 6.07) is 9.42. The molecule has 1 aromatic carbocycles. The number of nitrogen functional groups attached to an aromatic ring is 1. The zero-order valence-corrected chi connectivity index (χ0v) is 18.1. The molecular formula is C22H26N8O3. The average Bonchev–Trinajstić information content (AvgIpc) is 3.17. The lowest BCUT2D eigenvalue weighted by Crippen LogP contribution is -2.59. The number of amides is 2. The molecule has 2 bridgehead atoms. The van der Waals surface area contributed by atoms with Crippen molar-refractivity contribution in [3.63, 3.8) is 0 Å². The van der Waals surface area contributed by atoms with Gasteiger partial charge in [0.2, 0.25) is 11.8 Å². The van der Waals surface area contributed by atoms with Crippen molar-refractivity contribution in [1.82, 2.24) is 35.4 Å². The topological polar surface area (TPSA) is 152 Å². The molecule has 2 amide bonds. The Kier molecular flexibility index (Phi) is 5.53. The number of aromatic amines is 1. The summed E-state index contributed by atoms with van der Waals surface area (Å²) in [5, 5.41) is 15.1. The van der Waals surface area contributed by atoms with Gasteiger partial charge in [-0.2, -0.15) is 4.80 Å². The van der Waals surface area contributed by atoms with Crippen LogP contribution in [-0.2, 0) is 22.6 Å². The van der Waals surface area contributed by atoms with Gasteiger partial charge in [0.15, 0.2) is 0 Å². The number of para-hydroxylation sites is 1. The molecule has 2 atom stereocenters. The van der Waals surface area contributed by atoms with E-state index in [1.165, 1.54) is 0 Å². The van der Waals surface area contributed by atoms with Crippen molar-refractivity contribution in [2.75, 3.05) is 5.73 Å². The second kappa shape index (κ2) is 8.64. The number of hydrogen-bond acceptors (Lipinski definition) is 7. The Morgan fingerprint density at radius 3 is 2.67 bits per heavy atom. The number of nitrogens with one attached hydrogen (secondary N) is 2. The number of tetrazole rings is 1. The van der Waals surface area contributed by atoms with E-state index in [1.807, 2.05) is 29.2 Å². The Bertz CT molecular complexity index is 1240. The van der Waals surface area contributed by atoms with E-state index in [9.17, 15) is 14.4 Å². The van der Waals surface area contributed by atoms with Crippen molar-refractivity contribution >= 4 is 28.7 Å². The van der Waals surface area contributed by atoms with Crippen LogP contribution in [0.25, 0.3) is 10.9 Å². The van der Waals surface area contributed by atoms with Crippen molar-refractivity contribution in [1.29, 1.82) is 0 Å². The number of nitrogens with zero attached hydrogens (tertiary/aromatic N) is 5. The summed E-state index contributed by atoms with van der Waals surface area (Å²) in [5.74, 6) is -0.218. The minimum Gasteiger partial charge on any atom is -0.365 e. The third kappa shape index (κ3) is 4.43. The quantitative estimate of drug-likeness (QED) is 0.508. The molecule has 11 heteroatoms. The monoisotopic (exact) mass is 450 g/mol. The van der Waals surface area contributed by atoms with Gasteiger partial charge in [-0.15, -0.1) is 5.10 Å². The number of rotatable bonds is 5. The largest absolute Gasteiger partial charge is 0.365 e. The first-order valence-electron chi connectivity index (χ1n) is 11.2. The molecule has 4 heterocycles. The highest BCUT2D eigenvalue weighted by Gasteiger charge is 2.41. The van der Waals surface area contributed by atoms with Gasteiger partial charge in [-0.05, 0) is 54.8 Å². The molecule has 0 saturated carbocycles. The standard InChI is InChI=1S/C22H26N8O3/c23-22-26-28-29(27-22)12-19(31)24-15-10-16-5-3-6-17(11-15)30(16)20(32)9-14-8-13-4-1-2-7-18(13)25-21(14)33/h1-2,4,7-8,15-17H,3,5-6,9-12H2,(H2,23,27)(H,24,31)(H,25,33). The van der Waals surface area contributed by atoms with Crippen LogP contribution in [0.2, 0.25) is 0 Å². The predicted molar refractivity (Wildman–Crippen MR) is 120 cm³/mol. The summed E-state index contributed by atoms with van der Waals surface area (Å²) in [6.07, 6.45) is 4.29. The summed E-state index contributed by atoms with van der Waals surface area (Å²) in [7, 11) is 0. The van der Waals surface area contributed by atoms with E-state index in [0.717, 1.165) is 35.0 Å². The van der Waals surface area contributed by atoms with Gasteiger partial charge in [-0.3, -0.25) is 14.4 Å². The van der Waals surface area contributed by atoms with E-state index in [1.54, 1.807) is 6.07 Å². The average molecular weight is 451 g/mol. The van der Waals surface area contributed by atoms with Gasteiger partial charge in [-0.1, -0.05) is 23.3 Å². The SMILES string of the molecule is Nc1nnn(CC(=O)NC2CC3CCCC(C2)N3C(=O)Cc2cc3ccccc3[nH]c2=O)n1. The Morgan fingerprint density at radius 2 is 1.94 bits per heavy atom. The van der Waals surface area contributed by atoms with Gasteiger partial charge in [0.25, 0.3) is 11.5 Å². The number of benzene rings is 1. The fraction of sp³-hybridized carbons (Fsp3) is 0.455. The van der Waals surface area contributed by atoms with Crippen LogP contribution >= 0.6 is 0 Å². The smallest absolute Gasteiger partial charge is 0.260 e. The minimum absolute atomic E-state index is 0.0226. The van der Waals surface area contributed by atoms with E-state index in [-0.39, 0.29) is 54.4 Å². The fourth-order valence-corrected chi connectivity index (χ4v) is 5.21. The number of fused-ring (bicyclic) bond motifs is 3. The van der Waals surface area contributed by atoms with E-state index >= 15 is 0 Å². The lowest BCUT2D eigenvalue weighted by Gasteiger charge is -2.49. The van der Waals surface area contributed by atoms with Crippen LogP contribution in [0.5, 0.6) is 0 Å². The van der Waals surface area contributed by atoms with Crippen LogP contribution in [-0.4, -0.2) is 60.0 Å². The van der Waals surface area contributed by atoms with Gasteiger partial charge in [0, 0.05) is 29.2 Å². The lowest BCUT2D eigenvalue weighted by atomic mass is 9.81. The summed E-state index contributed by atoms with van der Waals surface area (Å²) in [4.78, 5) is 44.2. The Morgan fingerprint density at radius 1 is 1.18 bits per heavy atom. The Balaban J connectivity index is 1.25. The number of piperidine rings is 2. The molecule has 172 valence electrons. The molecular weight excluding hydrogens is 424 g/mol. The number of nitrogens with two attached hydrogens (primary N) is 1. The minimum atomic E-state index is -0.225.